The first-order chi connectivity index (χ1) is 23.2. The number of nitrogens with one attached hydrogen (secondary N) is 1. The van der Waals surface area contributed by atoms with Crippen LogP contribution in [0.1, 0.15) is 52.3 Å². The molecular formula is C33H39F5N6O6. The van der Waals surface area contributed by atoms with Gasteiger partial charge < -0.3 is 24.6 Å². The zero-order valence-corrected chi connectivity index (χ0v) is 28.3. The molecule has 1 saturated heterocycles. The summed E-state index contributed by atoms with van der Waals surface area (Å²) in [6.07, 6.45) is -4.34. The molecule has 4 amide bonds. The summed E-state index contributed by atoms with van der Waals surface area (Å²) in [5.41, 5.74) is -3.65. The number of benzene rings is 1. The molecule has 0 aliphatic carbocycles. The molecule has 12 nitrogen and oxygen atoms in total. The van der Waals surface area contributed by atoms with Gasteiger partial charge in [-0.1, -0.05) is 12.1 Å². The lowest BCUT2D eigenvalue weighted by Gasteiger charge is -2.40. The minimum atomic E-state index is -4.73. The first-order valence-corrected chi connectivity index (χ1v) is 15.7. The Hall–Kier alpha value is -4.67. The zero-order chi connectivity index (χ0) is 37.1. The minimum Gasteiger partial charge on any atom is -0.444 e. The summed E-state index contributed by atoms with van der Waals surface area (Å²) in [5.74, 6) is -4.12. The molecule has 0 saturated carbocycles. The van der Waals surface area contributed by atoms with Crippen LogP contribution in [0.2, 0.25) is 0 Å². The fourth-order valence-electron chi connectivity index (χ4n) is 5.64. The molecule has 2 aliphatic rings. The lowest BCUT2D eigenvalue weighted by atomic mass is 9.74. The molecule has 50 heavy (non-hydrogen) atoms. The van der Waals surface area contributed by atoms with Crippen LogP contribution in [0.4, 0.5) is 26.7 Å². The smallest absolute Gasteiger partial charge is 0.408 e. The van der Waals surface area contributed by atoms with Crippen molar-refractivity contribution in [2.24, 2.45) is 10.5 Å². The van der Waals surface area contributed by atoms with Crippen molar-refractivity contribution in [3.05, 3.63) is 65.5 Å². The number of pyridine rings is 1. The van der Waals surface area contributed by atoms with Crippen LogP contribution in [0.15, 0.2) is 47.7 Å². The highest BCUT2D eigenvalue weighted by Gasteiger charge is 2.56. The monoisotopic (exact) mass is 710 g/mol. The highest BCUT2D eigenvalue weighted by molar-refractivity contribution is 6.13. The van der Waals surface area contributed by atoms with Crippen LogP contribution in [0.3, 0.4) is 0 Å². The Kier molecular flexibility index (Phi) is 11.2. The molecule has 2 aliphatic heterocycles. The fraction of sp³-hybridized carbons (Fsp3) is 0.515. The maximum absolute atomic E-state index is 14.3. The number of carbonyl (C=O) groups is 4. The molecule has 3 heterocycles. The lowest BCUT2D eigenvalue weighted by Crippen LogP contribution is -2.60. The second-order valence-electron chi connectivity index (χ2n) is 13.6. The topological polar surface area (TPSA) is 134 Å². The summed E-state index contributed by atoms with van der Waals surface area (Å²) in [6, 6.07) is 7.74. The molecule has 1 aromatic heterocycles. The van der Waals surface area contributed by atoms with E-state index in [1.54, 1.807) is 39.0 Å². The van der Waals surface area contributed by atoms with Gasteiger partial charge in [-0.3, -0.25) is 19.4 Å². The van der Waals surface area contributed by atoms with Crippen LogP contribution in [0.25, 0.3) is 0 Å². The van der Waals surface area contributed by atoms with Crippen molar-refractivity contribution in [1.82, 2.24) is 25.1 Å². The van der Waals surface area contributed by atoms with Crippen molar-refractivity contribution in [1.29, 1.82) is 0 Å². The number of alkyl carbamates (subject to hydrolysis) is 1. The number of fused-ring (bicyclic) bond motifs is 1. The van der Waals surface area contributed by atoms with Crippen molar-refractivity contribution in [2.75, 3.05) is 32.9 Å². The molecule has 0 bridgehead atoms. The Balaban J connectivity index is 1.58. The van der Waals surface area contributed by atoms with Gasteiger partial charge in [0.25, 0.3) is 5.91 Å². The average Bonchev–Trinajstić information content (AvgIpc) is 3.25. The Labute approximate surface area is 285 Å². The number of alkyl halides is 3. The Bertz CT molecular complexity index is 1630. The maximum atomic E-state index is 14.3. The number of carbonyl (C=O) groups excluding carboxylic acids is 4. The number of piperidine rings is 1. The molecule has 1 fully saturated rings. The minimum absolute atomic E-state index is 0.0290. The van der Waals surface area contributed by atoms with Gasteiger partial charge in [-0.15, -0.1) is 0 Å². The molecule has 1 atom stereocenters. The third-order valence-corrected chi connectivity index (χ3v) is 7.89. The van der Waals surface area contributed by atoms with E-state index in [0.29, 0.717) is 16.8 Å². The van der Waals surface area contributed by atoms with E-state index in [1.165, 1.54) is 24.9 Å². The number of hydrazone groups is 1. The number of hydrogen-bond acceptors (Lipinski definition) is 8. The van der Waals surface area contributed by atoms with E-state index in [2.05, 4.69) is 15.4 Å². The van der Waals surface area contributed by atoms with Crippen LogP contribution >= 0.6 is 0 Å². The van der Waals surface area contributed by atoms with Crippen molar-refractivity contribution in [3.8, 4) is 0 Å². The average molecular weight is 711 g/mol. The Morgan fingerprint density at radius 2 is 1.78 bits per heavy atom. The number of rotatable bonds is 11. The van der Waals surface area contributed by atoms with E-state index >= 15 is 0 Å². The number of nitrogens with zero attached hydrogens (tertiary/aromatic N) is 5. The summed E-state index contributed by atoms with van der Waals surface area (Å²) in [4.78, 5) is 60.4. The maximum Gasteiger partial charge on any atom is 0.408 e. The lowest BCUT2D eigenvalue weighted by molar-refractivity contribution is -0.164. The zero-order valence-electron chi connectivity index (χ0n) is 28.3. The van der Waals surface area contributed by atoms with Crippen LogP contribution in [0, 0.1) is 17.0 Å². The predicted molar refractivity (Wildman–Crippen MR) is 168 cm³/mol. The molecule has 4 rings (SSSR count). The van der Waals surface area contributed by atoms with E-state index in [0.717, 1.165) is 17.0 Å². The van der Waals surface area contributed by atoms with Gasteiger partial charge in [-0.05, 0) is 52.8 Å². The molecule has 0 radical (unpaired) electrons. The van der Waals surface area contributed by atoms with Crippen LogP contribution in [0.5, 0.6) is 0 Å². The summed E-state index contributed by atoms with van der Waals surface area (Å²) >= 11 is 0. The van der Waals surface area contributed by atoms with Gasteiger partial charge in [0.05, 0.1) is 12.3 Å². The number of ether oxygens (including phenoxy) is 2. The molecule has 272 valence electrons. The van der Waals surface area contributed by atoms with E-state index in [9.17, 15) is 41.1 Å². The van der Waals surface area contributed by atoms with Gasteiger partial charge in [0.2, 0.25) is 11.8 Å². The van der Waals surface area contributed by atoms with Gasteiger partial charge in [-0.2, -0.15) is 18.3 Å². The highest BCUT2D eigenvalue weighted by atomic mass is 19.4. The van der Waals surface area contributed by atoms with Crippen molar-refractivity contribution >= 4 is 29.5 Å². The third kappa shape index (κ3) is 9.52. The standard InChI is InChI=1S/C33H39F5N6O6/c1-30(2,3)50-29(48)40-31(4,5)27(46)43(20-49-17-21-9-10-22(34)14-24(21)35)16-26(45)42-13-11-25-32(18-42,15-23-8-6-7-12-39-23)28(47)44(41-25)19-33(36,37)38/h6-10,12,14H,11,13,15-20H2,1-5H3,(H,40,48). The number of aromatic nitrogens is 1. The normalized spacial score (nSPS) is 18.0. The largest absolute Gasteiger partial charge is 0.444 e. The van der Waals surface area contributed by atoms with Crippen molar-refractivity contribution < 1.29 is 50.6 Å². The second-order valence-corrected chi connectivity index (χ2v) is 13.6. The molecular weight excluding hydrogens is 671 g/mol. The summed E-state index contributed by atoms with van der Waals surface area (Å²) in [5, 5.41) is 6.85. The highest BCUT2D eigenvalue weighted by Crippen LogP contribution is 2.39. The molecule has 1 N–H and O–H groups in total. The van der Waals surface area contributed by atoms with Gasteiger partial charge in [0.15, 0.2) is 0 Å². The first kappa shape index (κ1) is 38.1. The molecule has 0 spiro atoms. The molecule has 1 aromatic carbocycles. The van der Waals surface area contributed by atoms with E-state index in [4.69, 9.17) is 9.47 Å². The van der Waals surface area contributed by atoms with Crippen LogP contribution in [-0.2, 0) is 36.9 Å². The third-order valence-electron chi connectivity index (χ3n) is 7.89. The SMILES string of the molecule is CC(C)(C)OC(=O)NC(C)(C)C(=O)N(COCc1ccc(F)cc1F)CC(=O)N1CCC2=NN(CC(F)(F)F)C(=O)C2(Cc2ccccn2)C1. The van der Waals surface area contributed by atoms with E-state index in [1.807, 2.05) is 0 Å². The van der Waals surface area contributed by atoms with Gasteiger partial charge in [0, 0.05) is 49.5 Å². The van der Waals surface area contributed by atoms with Crippen molar-refractivity contribution in [2.45, 2.75) is 71.4 Å². The number of amides is 4. The first-order valence-electron chi connectivity index (χ1n) is 15.7. The number of halogens is 5. The Morgan fingerprint density at radius 3 is 2.40 bits per heavy atom. The van der Waals surface area contributed by atoms with Crippen molar-refractivity contribution in [3.63, 3.8) is 0 Å². The van der Waals surface area contributed by atoms with E-state index in [-0.39, 0.29) is 37.2 Å². The summed E-state index contributed by atoms with van der Waals surface area (Å²) in [6.45, 7) is 3.98. The van der Waals surface area contributed by atoms with Gasteiger partial charge in [0.1, 0.15) is 48.0 Å². The van der Waals surface area contributed by atoms with Crippen LogP contribution in [-0.4, -0.2) is 99.5 Å². The number of hydrogen-bond donors (Lipinski definition) is 1. The molecule has 2 aromatic rings. The van der Waals surface area contributed by atoms with E-state index < -0.39 is 84.6 Å². The molecule has 1 unspecified atom stereocenters. The quantitative estimate of drug-likeness (QED) is 0.273. The Morgan fingerprint density at radius 1 is 1.06 bits per heavy atom. The predicted octanol–water partition coefficient (Wildman–Crippen LogP) is 4.19. The fourth-order valence-corrected chi connectivity index (χ4v) is 5.64. The second kappa shape index (κ2) is 14.7. The van der Waals surface area contributed by atoms with Gasteiger partial charge >= 0.3 is 12.3 Å². The summed E-state index contributed by atoms with van der Waals surface area (Å²) < 4.78 is 78.7. The molecule has 17 heteroatoms. The summed E-state index contributed by atoms with van der Waals surface area (Å²) in [7, 11) is 0. The number of likely N-dealkylation sites (tertiary alicyclic amines) is 1. The van der Waals surface area contributed by atoms with Crippen LogP contribution < -0.4 is 5.32 Å². The van der Waals surface area contributed by atoms with Gasteiger partial charge in [-0.25, -0.2) is 18.6 Å².